The molecule has 23 heavy (non-hydrogen) atoms. The van der Waals surface area contributed by atoms with E-state index in [4.69, 9.17) is 20.3 Å². The molecule has 0 radical (unpaired) electrons. The lowest BCUT2D eigenvalue weighted by molar-refractivity contribution is -0.0422. The van der Waals surface area contributed by atoms with Crippen LogP contribution in [0.25, 0.3) is 11.2 Å². The minimum absolute atomic E-state index is 0.199. The number of aliphatic hydroxyl groups is 1. The highest BCUT2D eigenvalue weighted by Gasteiger charge is 2.44. The molecule has 3 rings (SSSR count). The minimum Gasteiger partial charge on any atom is -0.389 e. The van der Waals surface area contributed by atoms with Gasteiger partial charge in [-0.05, 0) is 0 Å². The molecule has 1 fully saturated rings. The molecule has 2 aromatic heterocycles. The number of thiol groups is 1. The van der Waals surface area contributed by atoms with E-state index in [2.05, 4.69) is 32.1 Å². The first kappa shape index (κ1) is 16.6. The number of rotatable bonds is 4. The van der Waals surface area contributed by atoms with E-state index in [0.717, 1.165) is 0 Å². The Hall–Kier alpha value is -1.27. The number of nitrogens with two attached hydrogens (primary N) is 1. The Morgan fingerprint density at radius 1 is 1.43 bits per heavy atom. The summed E-state index contributed by atoms with van der Waals surface area (Å²) in [5.74, 6) is 0.199. The van der Waals surface area contributed by atoms with E-state index in [0.29, 0.717) is 11.2 Å². The lowest BCUT2D eigenvalue weighted by Crippen LogP contribution is -2.30. The van der Waals surface area contributed by atoms with Gasteiger partial charge >= 0.3 is 7.82 Å². The lowest BCUT2D eigenvalue weighted by atomic mass is 10.2. The fourth-order valence-corrected chi connectivity index (χ4v) is 3.07. The molecule has 0 unspecified atom stereocenters. The number of phosphoric acid groups is 1. The van der Waals surface area contributed by atoms with Crippen molar-refractivity contribution >= 4 is 37.4 Å². The Bertz CT molecular complexity index is 767. The number of fused-ring (bicyclic) bond motifs is 1. The molecule has 5 N–H and O–H groups in total. The highest BCUT2D eigenvalue weighted by molar-refractivity contribution is 7.81. The summed E-state index contributed by atoms with van der Waals surface area (Å²) < 4.78 is 22.3. The number of hydrogen-bond donors (Lipinski definition) is 5. The van der Waals surface area contributed by atoms with E-state index in [1.807, 2.05) is 0 Å². The second-order valence-corrected chi connectivity index (χ2v) is 6.75. The average Bonchev–Trinajstić information content (AvgIpc) is 3.01. The first-order valence-corrected chi connectivity index (χ1v) is 8.47. The molecular weight excluding hydrogens is 349 g/mol. The SMILES string of the molecule is Nc1ncnc2c1ncn2[C@@H]1O[C@H](COP(=O)(O)O)[C@@H](O)[C@H]1S. The monoisotopic (exact) mass is 363 g/mol. The zero-order valence-corrected chi connectivity index (χ0v) is 13.3. The molecular formula is C10H14N5O6PS. The van der Waals surface area contributed by atoms with Crippen LogP contribution < -0.4 is 5.73 Å². The highest BCUT2D eigenvalue weighted by Crippen LogP contribution is 2.40. The van der Waals surface area contributed by atoms with Crippen LogP contribution in [0, 0.1) is 0 Å². The normalized spacial score (nSPS) is 28.5. The molecule has 0 saturated carbocycles. The number of imidazole rings is 1. The summed E-state index contributed by atoms with van der Waals surface area (Å²) in [4.78, 5) is 29.5. The van der Waals surface area contributed by atoms with Gasteiger partial charge in [0.15, 0.2) is 17.7 Å². The van der Waals surface area contributed by atoms with Gasteiger partial charge in [0, 0.05) is 0 Å². The van der Waals surface area contributed by atoms with Crippen LogP contribution in [-0.4, -0.2) is 58.5 Å². The zero-order chi connectivity index (χ0) is 16.8. The Labute approximate surface area is 135 Å². The van der Waals surface area contributed by atoms with E-state index < -0.39 is 38.1 Å². The van der Waals surface area contributed by atoms with Gasteiger partial charge in [0.1, 0.15) is 17.9 Å². The molecule has 0 aliphatic carbocycles. The van der Waals surface area contributed by atoms with Gasteiger partial charge < -0.3 is 25.4 Å². The maximum atomic E-state index is 10.8. The maximum Gasteiger partial charge on any atom is 0.469 e. The number of ether oxygens (including phenoxy) is 1. The average molecular weight is 363 g/mol. The van der Waals surface area contributed by atoms with Crippen LogP contribution in [0.15, 0.2) is 12.7 Å². The Kier molecular flexibility index (Phi) is 4.31. The van der Waals surface area contributed by atoms with E-state index in [-0.39, 0.29) is 5.82 Å². The van der Waals surface area contributed by atoms with Crippen LogP contribution in [0.4, 0.5) is 5.82 Å². The van der Waals surface area contributed by atoms with Gasteiger partial charge in [-0.15, -0.1) is 0 Å². The third-order valence-corrected chi connectivity index (χ3v) is 4.45. The zero-order valence-electron chi connectivity index (χ0n) is 11.5. The number of hydrogen-bond acceptors (Lipinski definition) is 9. The molecule has 3 heterocycles. The number of nitrogens with zero attached hydrogens (tertiary/aromatic N) is 4. The van der Waals surface area contributed by atoms with Gasteiger partial charge in [0.25, 0.3) is 0 Å². The summed E-state index contributed by atoms with van der Waals surface area (Å²) in [6, 6.07) is 0. The highest BCUT2D eigenvalue weighted by atomic mass is 32.1. The van der Waals surface area contributed by atoms with Gasteiger partial charge in [-0.2, -0.15) is 12.6 Å². The maximum absolute atomic E-state index is 10.8. The number of aromatic nitrogens is 4. The summed E-state index contributed by atoms with van der Waals surface area (Å²) in [6.07, 6.45) is -0.151. The fraction of sp³-hybridized carbons (Fsp3) is 0.500. The smallest absolute Gasteiger partial charge is 0.389 e. The summed E-state index contributed by atoms with van der Waals surface area (Å²) in [5, 5.41) is 9.44. The Morgan fingerprint density at radius 3 is 2.87 bits per heavy atom. The largest absolute Gasteiger partial charge is 0.469 e. The quantitative estimate of drug-likeness (QED) is 0.338. The molecule has 0 spiro atoms. The number of aliphatic hydroxyl groups excluding tert-OH is 1. The van der Waals surface area contributed by atoms with Crippen LogP contribution in [0.5, 0.6) is 0 Å². The van der Waals surface area contributed by atoms with Crippen LogP contribution >= 0.6 is 20.5 Å². The standard InChI is InChI=1S/C10H14N5O6PS/c11-8-5-9(13-2-12-8)15(3-14-5)10-7(23)6(16)4(21-10)1-20-22(17,18)19/h2-4,6-7,10,16,23H,1H2,(H2,11,12,13)(H2,17,18,19)/t4-,6-,7-,10-/m1/s1. The predicted molar refractivity (Wildman–Crippen MR) is 80.4 cm³/mol. The molecule has 0 aromatic carbocycles. The molecule has 13 heteroatoms. The van der Waals surface area contributed by atoms with Crippen molar-refractivity contribution in [1.82, 2.24) is 19.5 Å². The van der Waals surface area contributed by atoms with E-state index in [1.165, 1.54) is 17.2 Å². The van der Waals surface area contributed by atoms with E-state index in [1.54, 1.807) is 0 Å². The summed E-state index contributed by atoms with van der Waals surface area (Å²) >= 11 is 4.30. The van der Waals surface area contributed by atoms with Crippen molar-refractivity contribution in [2.24, 2.45) is 0 Å². The number of phosphoric ester groups is 1. The van der Waals surface area contributed by atoms with Crippen molar-refractivity contribution in [2.75, 3.05) is 12.3 Å². The van der Waals surface area contributed by atoms with Crippen LogP contribution in [0.3, 0.4) is 0 Å². The van der Waals surface area contributed by atoms with Crippen LogP contribution in [-0.2, 0) is 13.8 Å². The predicted octanol–water partition coefficient (Wildman–Crippen LogP) is -0.926. The van der Waals surface area contributed by atoms with Crippen molar-refractivity contribution < 1.29 is 28.7 Å². The molecule has 11 nitrogen and oxygen atoms in total. The molecule has 0 bridgehead atoms. The first-order valence-electron chi connectivity index (χ1n) is 6.42. The summed E-state index contributed by atoms with van der Waals surface area (Å²) in [7, 11) is -4.66. The summed E-state index contributed by atoms with van der Waals surface area (Å²) in [6.45, 7) is -0.483. The molecule has 1 saturated heterocycles. The number of anilines is 1. The third-order valence-electron chi connectivity index (χ3n) is 3.41. The summed E-state index contributed by atoms with van der Waals surface area (Å²) in [5.41, 5.74) is 6.48. The van der Waals surface area contributed by atoms with E-state index >= 15 is 0 Å². The van der Waals surface area contributed by atoms with Gasteiger partial charge in [0.2, 0.25) is 0 Å². The second-order valence-electron chi connectivity index (χ2n) is 4.92. The van der Waals surface area contributed by atoms with Crippen molar-refractivity contribution in [3.05, 3.63) is 12.7 Å². The third kappa shape index (κ3) is 3.19. The number of nitrogen functional groups attached to an aromatic ring is 1. The lowest BCUT2D eigenvalue weighted by Gasteiger charge is -2.16. The molecule has 1 aliphatic heterocycles. The van der Waals surface area contributed by atoms with Gasteiger partial charge in [-0.25, -0.2) is 19.5 Å². The van der Waals surface area contributed by atoms with E-state index in [9.17, 15) is 9.67 Å². The molecule has 2 aromatic rings. The van der Waals surface area contributed by atoms with Crippen LogP contribution in [0.1, 0.15) is 6.23 Å². The van der Waals surface area contributed by atoms with Crippen molar-refractivity contribution in [1.29, 1.82) is 0 Å². The van der Waals surface area contributed by atoms with Crippen molar-refractivity contribution in [3.8, 4) is 0 Å². The molecule has 4 atom stereocenters. The molecule has 126 valence electrons. The van der Waals surface area contributed by atoms with Gasteiger partial charge in [0.05, 0.1) is 24.3 Å². The topological polar surface area (TPSA) is 166 Å². The molecule has 0 amide bonds. The van der Waals surface area contributed by atoms with Gasteiger partial charge in [-0.3, -0.25) is 9.09 Å². The second kappa shape index (κ2) is 5.98. The Morgan fingerprint density at radius 2 is 2.17 bits per heavy atom. The van der Waals surface area contributed by atoms with Crippen molar-refractivity contribution in [3.63, 3.8) is 0 Å². The first-order chi connectivity index (χ1) is 10.8. The Balaban J connectivity index is 1.85. The van der Waals surface area contributed by atoms with Crippen LogP contribution in [0.2, 0.25) is 0 Å². The minimum atomic E-state index is -4.66. The van der Waals surface area contributed by atoms with Gasteiger partial charge in [-0.1, -0.05) is 0 Å². The molecule has 1 aliphatic rings. The fourth-order valence-electron chi connectivity index (χ4n) is 2.32. The van der Waals surface area contributed by atoms with Crippen molar-refractivity contribution in [2.45, 2.75) is 23.7 Å².